The molecule has 0 aromatic carbocycles. The average Bonchev–Trinajstić information content (AvgIpc) is 2.65. The first-order valence-corrected chi connectivity index (χ1v) is 7.78. The minimum Gasteiger partial charge on any atom is -0.370 e. The second-order valence-electron chi connectivity index (χ2n) is 4.62. The lowest BCUT2D eigenvalue weighted by Crippen LogP contribution is -2.16. The molecule has 0 radical (unpaired) electrons. The van der Waals surface area contributed by atoms with E-state index in [4.69, 9.17) is 0 Å². The summed E-state index contributed by atoms with van der Waals surface area (Å²) in [4.78, 5) is 8.46. The van der Waals surface area contributed by atoms with Crippen molar-refractivity contribution >= 4 is 21.6 Å². The van der Waals surface area contributed by atoms with Gasteiger partial charge in [0.2, 0.25) is 5.95 Å². The fourth-order valence-electron chi connectivity index (χ4n) is 2.05. The molecule has 2 rings (SSSR count). The van der Waals surface area contributed by atoms with Crippen LogP contribution in [0.1, 0.15) is 12.1 Å². The van der Waals surface area contributed by atoms with Gasteiger partial charge in [-0.25, -0.2) is 13.4 Å². The van der Waals surface area contributed by atoms with Crippen LogP contribution in [0.2, 0.25) is 0 Å². The van der Waals surface area contributed by atoms with E-state index >= 15 is 0 Å². The van der Waals surface area contributed by atoms with E-state index in [0.29, 0.717) is 18.2 Å². The maximum atomic E-state index is 11.3. The van der Waals surface area contributed by atoms with Crippen LogP contribution in [0.5, 0.6) is 0 Å². The summed E-state index contributed by atoms with van der Waals surface area (Å²) in [5, 5.41) is 6.08. The monoisotopic (exact) mass is 270 g/mol. The predicted molar refractivity (Wildman–Crippen MR) is 71.6 cm³/mol. The van der Waals surface area contributed by atoms with Crippen molar-refractivity contribution in [1.29, 1.82) is 0 Å². The summed E-state index contributed by atoms with van der Waals surface area (Å²) in [6, 6.07) is 1.85. The van der Waals surface area contributed by atoms with Gasteiger partial charge in [-0.15, -0.1) is 0 Å². The summed E-state index contributed by atoms with van der Waals surface area (Å²) in [5.74, 6) is 2.07. The maximum absolute atomic E-state index is 11.3. The van der Waals surface area contributed by atoms with Gasteiger partial charge in [0.25, 0.3) is 0 Å². The second-order valence-corrected chi connectivity index (χ2v) is 6.85. The van der Waals surface area contributed by atoms with E-state index in [1.54, 1.807) is 7.05 Å². The number of anilines is 2. The molecular formula is C11H18N4O2S. The van der Waals surface area contributed by atoms with Crippen LogP contribution in [0.25, 0.3) is 0 Å². The lowest BCUT2D eigenvalue weighted by Gasteiger charge is -2.11. The van der Waals surface area contributed by atoms with Crippen molar-refractivity contribution in [3.63, 3.8) is 0 Å². The number of nitrogens with zero attached hydrogens (tertiary/aromatic N) is 2. The molecular weight excluding hydrogens is 252 g/mol. The van der Waals surface area contributed by atoms with Crippen LogP contribution in [0, 0.1) is 12.8 Å². The third kappa shape index (κ3) is 3.32. The molecule has 0 bridgehead atoms. The number of aromatic nitrogens is 2. The average molecular weight is 270 g/mol. The molecule has 0 saturated carbocycles. The molecule has 1 atom stereocenters. The fourth-order valence-corrected chi connectivity index (χ4v) is 3.91. The molecule has 2 heterocycles. The number of sulfone groups is 1. The normalized spacial score (nSPS) is 21.8. The highest BCUT2D eigenvalue weighted by Gasteiger charge is 2.27. The first-order chi connectivity index (χ1) is 8.48. The van der Waals surface area contributed by atoms with Gasteiger partial charge in [0.15, 0.2) is 9.84 Å². The van der Waals surface area contributed by atoms with Gasteiger partial charge < -0.3 is 10.6 Å². The van der Waals surface area contributed by atoms with Crippen LogP contribution in [0.4, 0.5) is 11.8 Å². The van der Waals surface area contributed by atoms with Gasteiger partial charge in [-0.3, -0.25) is 0 Å². The molecule has 6 nitrogen and oxygen atoms in total. The van der Waals surface area contributed by atoms with Crippen LogP contribution < -0.4 is 10.6 Å². The molecule has 0 aliphatic carbocycles. The molecule has 1 aromatic rings. The second kappa shape index (κ2) is 5.09. The zero-order valence-corrected chi connectivity index (χ0v) is 11.4. The minimum absolute atomic E-state index is 0.184. The summed E-state index contributed by atoms with van der Waals surface area (Å²) in [5.41, 5.74) is 0.871. The molecule has 100 valence electrons. The van der Waals surface area contributed by atoms with Crippen LogP contribution in [-0.2, 0) is 9.84 Å². The highest BCUT2D eigenvalue weighted by molar-refractivity contribution is 7.91. The Morgan fingerprint density at radius 2 is 2.22 bits per heavy atom. The summed E-state index contributed by atoms with van der Waals surface area (Å²) in [7, 11) is -1.04. The molecule has 1 aliphatic heterocycles. The quantitative estimate of drug-likeness (QED) is 0.836. The standard InChI is InChI=1S/C11H18N4O2S/c1-8-5-10(15-11(12-2)14-8)13-6-9-3-4-18(16,17)7-9/h5,9H,3-4,6-7H2,1-2H3,(H2,12,13,14,15). The van der Waals surface area contributed by atoms with Crippen molar-refractivity contribution in [2.24, 2.45) is 5.92 Å². The molecule has 1 fully saturated rings. The van der Waals surface area contributed by atoms with Crippen molar-refractivity contribution in [3.05, 3.63) is 11.8 Å². The van der Waals surface area contributed by atoms with Gasteiger partial charge in [0.05, 0.1) is 11.5 Å². The third-order valence-corrected chi connectivity index (χ3v) is 4.81. The fraction of sp³-hybridized carbons (Fsp3) is 0.636. The first-order valence-electron chi connectivity index (χ1n) is 5.96. The summed E-state index contributed by atoms with van der Waals surface area (Å²) in [6.07, 6.45) is 0.734. The van der Waals surface area contributed by atoms with Crippen molar-refractivity contribution in [3.8, 4) is 0 Å². The van der Waals surface area contributed by atoms with Crippen LogP contribution >= 0.6 is 0 Å². The molecule has 7 heteroatoms. The summed E-state index contributed by atoms with van der Waals surface area (Å²) >= 11 is 0. The van der Waals surface area contributed by atoms with E-state index in [1.807, 2.05) is 13.0 Å². The Morgan fingerprint density at radius 1 is 1.44 bits per heavy atom. The molecule has 1 aliphatic rings. The van der Waals surface area contributed by atoms with E-state index in [2.05, 4.69) is 20.6 Å². The SMILES string of the molecule is CNc1nc(C)cc(NCC2CCS(=O)(=O)C2)n1. The Morgan fingerprint density at radius 3 is 2.83 bits per heavy atom. The summed E-state index contributed by atoms with van der Waals surface area (Å²) in [6.45, 7) is 2.53. The van der Waals surface area contributed by atoms with E-state index in [9.17, 15) is 8.42 Å². The Hall–Kier alpha value is -1.37. The van der Waals surface area contributed by atoms with Crippen LogP contribution in [0.3, 0.4) is 0 Å². The van der Waals surface area contributed by atoms with E-state index in [1.165, 1.54) is 0 Å². The van der Waals surface area contributed by atoms with E-state index in [0.717, 1.165) is 17.9 Å². The number of aryl methyl sites for hydroxylation is 1. The zero-order valence-electron chi connectivity index (χ0n) is 10.6. The van der Waals surface area contributed by atoms with Crippen molar-refractivity contribution in [2.45, 2.75) is 13.3 Å². The van der Waals surface area contributed by atoms with E-state index in [-0.39, 0.29) is 11.7 Å². The number of hydrogen-bond donors (Lipinski definition) is 2. The van der Waals surface area contributed by atoms with Crippen molar-refractivity contribution in [1.82, 2.24) is 9.97 Å². The van der Waals surface area contributed by atoms with Gasteiger partial charge in [0.1, 0.15) is 5.82 Å². The topological polar surface area (TPSA) is 84.0 Å². The van der Waals surface area contributed by atoms with E-state index < -0.39 is 9.84 Å². The van der Waals surface area contributed by atoms with Gasteiger partial charge >= 0.3 is 0 Å². The summed E-state index contributed by atoms with van der Waals surface area (Å²) < 4.78 is 22.7. The van der Waals surface area contributed by atoms with Gasteiger partial charge in [-0.2, -0.15) is 4.98 Å². The Bertz CT molecular complexity index is 530. The molecule has 0 amide bonds. The molecule has 1 unspecified atom stereocenters. The van der Waals surface area contributed by atoms with Crippen molar-refractivity contribution in [2.75, 3.05) is 35.7 Å². The van der Waals surface area contributed by atoms with Gasteiger partial charge in [0, 0.05) is 25.4 Å². The predicted octanol–water partition coefficient (Wildman–Crippen LogP) is 0.673. The molecule has 2 N–H and O–H groups in total. The van der Waals surface area contributed by atoms with Gasteiger partial charge in [-0.05, 0) is 19.3 Å². The van der Waals surface area contributed by atoms with Crippen molar-refractivity contribution < 1.29 is 8.42 Å². The molecule has 1 saturated heterocycles. The lowest BCUT2D eigenvalue weighted by molar-refractivity contribution is 0.595. The number of hydrogen-bond acceptors (Lipinski definition) is 6. The smallest absolute Gasteiger partial charge is 0.224 e. The zero-order chi connectivity index (χ0) is 13.2. The van der Waals surface area contributed by atoms with Gasteiger partial charge in [-0.1, -0.05) is 0 Å². The minimum atomic E-state index is -2.81. The third-order valence-electron chi connectivity index (χ3n) is 2.98. The molecule has 1 aromatic heterocycles. The van der Waals surface area contributed by atoms with Crippen LogP contribution in [-0.4, -0.2) is 43.5 Å². The molecule has 18 heavy (non-hydrogen) atoms. The Kier molecular flexibility index (Phi) is 3.70. The lowest BCUT2D eigenvalue weighted by atomic mass is 10.1. The molecule has 0 spiro atoms. The number of nitrogens with one attached hydrogen (secondary N) is 2. The highest BCUT2D eigenvalue weighted by atomic mass is 32.2. The number of rotatable bonds is 4. The Labute approximate surface area is 107 Å². The Balaban J connectivity index is 1.96. The van der Waals surface area contributed by atoms with Crippen LogP contribution in [0.15, 0.2) is 6.07 Å². The highest BCUT2D eigenvalue weighted by Crippen LogP contribution is 2.19. The maximum Gasteiger partial charge on any atom is 0.224 e. The largest absolute Gasteiger partial charge is 0.370 e. The first kappa shape index (κ1) is 13.1.